The summed E-state index contributed by atoms with van der Waals surface area (Å²) in [5.41, 5.74) is 1.34. The van der Waals surface area contributed by atoms with E-state index in [1.807, 2.05) is 0 Å². The first-order valence-corrected chi connectivity index (χ1v) is 6.33. The average Bonchev–Trinajstić information content (AvgIpc) is 2.92. The zero-order valence-corrected chi connectivity index (χ0v) is 10.5. The van der Waals surface area contributed by atoms with E-state index < -0.39 is 0 Å². The van der Waals surface area contributed by atoms with Crippen LogP contribution in [0.25, 0.3) is 0 Å². The maximum atomic E-state index is 11.9. The normalized spacial score (nSPS) is 15.4. The van der Waals surface area contributed by atoms with Crippen LogP contribution in [0.15, 0.2) is 24.3 Å². The molecule has 0 radical (unpaired) electrons. The SMILES string of the molecule is CNC(=O)c1ccc(NC(=O)C2CCCC2)cc1. The van der Waals surface area contributed by atoms with E-state index in [1.54, 1.807) is 31.3 Å². The molecule has 4 heteroatoms. The Morgan fingerprint density at radius 2 is 1.72 bits per heavy atom. The maximum absolute atomic E-state index is 11.9. The lowest BCUT2D eigenvalue weighted by molar-refractivity contribution is -0.119. The molecule has 0 aliphatic heterocycles. The zero-order chi connectivity index (χ0) is 13.0. The molecule has 1 fully saturated rings. The van der Waals surface area contributed by atoms with E-state index in [0.717, 1.165) is 31.4 Å². The summed E-state index contributed by atoms with van der Waals surface area (Å²) < 4.78 is 0. The van der Waals surface area contributed by atoms with Gasteiger partial charge in [-0.3, -0.25) is 9.59 Å². The first kappa shape index (κ1) is 12.6. The van der Waals surface area contributed by atoms with Crippen molar-refractivity contribution >= 4 is 17.5 Å². The molecule has 2 rings (SSSR count). The Balaban J connectivity index is 1.97. The number of amides is 2. The van der Waals surface area contributed by atoms with Gasteiger partial charge in [0.25, 0.3) is 5.91 Å². The average molecular weight is 246 g/mol. The van der Waals surface area contributed by atoms with Gasteiger partial charge in [0.2, 0.25) is 5.91 Å². The maximum Gasteiger partial charge on any atom is 0.251 e. The second-order valence-corrected chi connectivity index (χ2v) is 4.63. The van der Waals surface area contributed by atoms with Crippen molar-refractivity contribution in [1.29, 1.82) is 0 Å². The molecular formula is C14H18N2O2. The molecule has 1 saturated carbocycles. The van der Waals surface area contributed by atoms with Gasteiger partial charge in [0.05, 0.1) is 0 Å². The van der Waals surface area contributed by atoms with Crippen LogP contribution in [0.2, 0.25) is 0 Å². The van der Waals surface area contributed by atoms with Crippen molar-refractivity contribution in [2.45, 2.75) is 25.7 Å². The predicted molar refractivity (Wildman–Crippen MR) is 70.4 cm³/mol. The highest BCUT2D eigenvalue weighted by molar-refractivity contribution is 5.96. The summed E-state index contributed by atoms with van der Waals surface area (Å²) in [4.78, 5) is 23.3. The Kier molecular flexibility index (Phi) is 3.97. The summed E-state index contributed by atoms with van der Waals surface area (Å²) in [6, 6.07) is 6.95. The minimum Gasteiger partial charge on any atom is -0.355 e. The van der Waals surface area contributed by atoms with Crippen LogP contribution < -0.4 is 10.6 Å². The predicted octanol–water partition coefficient (Wildman–Crippen LogP) is 2.17. The summed E-state index contributed by atoms with van der Waals surface area (Å²) >= 11 is 0. The fourth-order valence-corrected chi connectivity index (χ4v) is 2.28. The van der Waals surface area contributed by atoms with Crippen molar-refractivity contribution < 1.29 is 9.59 Å². The number of anilines is 1. The molecule has 96 valence electrons. The van der Waals surface area contributed by atoms with Crippen molar-refractivity contribution in [2.75, 3.05) is 12.4 Å². The first-order valence-electron chi connectivity index (χ1n) is 6.33. The number of hydrogen-bond acceptors (Lipinski definition) is 2. The van der Waals surface area contributed by atoms with Gasteiger partial charge in [-0.25, -0.2) is 0 Å². The second-order valence-electron chi connectivity index (χ2n) is 4.63. The molecule has 4 nitrogen and oxygen atoms in total. The summed E-state index contributed by atoms with van der Waals surface area (Å²) in [6.45, 7) is 0. The van der Waals surface area contributed by atoms with E-state index in [4.69, 9.17) is 0 Å². The summed E-state index contributed by atoms with van der Waals surface area (Å²) in [5, 5.41) is 5.46. The van der Waals surface area contributed by atoms with Gasteiger partial charge in [-0.1, -0.05) is 12.8 Å². The number of rotatable bonds is 3. The molecule has 0 atom stereocenters. The van der Waals surface area contributed by atoms with Crippen molar-refractivity contribution in [3.05, 3.63) is 29.8 Å². The molecule has 0 aromatic heterocycles. The van der Waals surface area contributed by atoms with E-state index >= 15 is 0 Å². The lowest BCUT2D eigenvalue weighted by Gasteiger charge is -2.10. The van der Waals surface area contributed by atoms with Crippen LogP contribution in [0, 0.1) is 5.92 Å². The molecule has 0 bridgehead atoms. The standard InChI is InChI=1S/C14H18N2O2/c1-15-13(17)11-6-8-12(9-7-11)16-14(18)10-4-2-3-5-10/h6-10H,2-5H2,1H3,(H,15,17)(H,16,18). The topological polar surface area (TPSA) is 58.2 Å². The quantitative estimate of drug-likeness (QED) is 0.858. The molecular weight excluding hydrogens is 228 g/mol. The Hall–Kier alpha value is -1.84. The molecule has 1 aliphatic rings. The van der Waals surface area contributed by atoms with Gasteiger partial charge in [-0.2, -0.15) is 0 Å². The molecule has 0 unspecified atom stereocenters. The minimum atomic E-state index is -0.122. The Bertz CT molecular complexity index is 434. The zero-order valence-electron chi connectivity index (χ0n) is 10.5. The van der Waals surface area contributed by atoms with Crippen LogP contribution in [-0.4, -0.2) is 18.9 Å². The first-order chi connectivity index (χ1) is 8.70. The molecule has 2 N–H and O–H groups in total. The van der Waals surface area contributed by atoms with E-state index in [0.29, 0.717) is 5.56 Å². The molecule has 1 aromatic carbocycles. The van der Waals surface area contributed by atoms with Gasteiger partial charge in [0.1, 0.15) is 0 Å². The van der Waals surface area contributed by atoms with Gasteiger partial charge in [-0.05, 0) is 37.1 Å². The third-order valence-electron chi connectivity index (χ3n) is 3.37. The van der Waals surface area contributed by atoms with Crippen molar-refractivity contribution in [1.82, 2.24) is 5.32 Å². The van der Waals surface area contributed by atoms with E-state index in [9.17, 15) is 9.59 Å². The Morgan fingerprint density at radius 1 is 1.11 bits per heavy atom. The number of carbonyl (C=O) groups is 2. The molecule has 1 aromatic rings. The van der Waals surface area contributed by atoms with Gasteiger partial charge in [0, 0.05) is 24.2 Å². The Labute approximate surface area is 107 Å². The van der Waals surface area contributed by atoms with Crippen LogP contribution in [0.3, 0.4) is 0 Å². The summed E-state index contributed by atoms with van der Waals surface area (Å²) in [6.07, 6.45) is 4.27. The lowest BCUT2D eigenvalue weighted by atomic mass is 10.1. The number of carbonyl (C=O) groups excluding carboxylic acids is 2. The molecule has 2 amide bonds. The highest BCUT2D eigenvalue weighted by atomic mass is 16.2. The lowest BCUT2D eigenvalue weighted by Crippen LogP contribution is -2.20. The third-order valence-corrected chi connectivity index (χ3v) is 3.37. The van der Waals surface area contributed by atoms with E-state index in [1.165, 1.54) is 0 Å². The van der Waals surface area contributed by atoms with Crippen LogP contribution in [0.4, 0.5) is 5.69 Å². The Morgan fingerprint density at radius 3 is 2.28 bits per heavy atom. The molecule has 0 spiro atoms. The smallest absolute Gasteiger partial charge is 0.251 e. The van der Waals surface area contributed by atoms with Gasteiger partial charge < -0.3 is 10.6 Å². The summed E-state index contributed by atoms with van der Waals surface area (Å²) in [7, 11) is 1.60. The molecule has 0 heterocycles. The molecule has 0 saturated heterocycles. The van der Waals surface area contributed by atoms with Crippen molar-refractivity contribution in [3.63, 3.8) is 0 Å². The highest BCUT2D eigenvalue weighted by Gasteiger charge is 2.22. The fraction of sp³-hybridized carbons (Fsp3) is 0.429. The number of benzene rings is 1. The van der Waals surface area contributed by atoms with Gasteiger partial charge >= 0.3 is 0 Å². The van der Waals surface area contributed by atoms with Crippen LogP contribution in [-0.2, 0) is 4.79 Å². The highest BCUT2D eigenvalue weighted by Crippen LogP contribution is 2.26. The van der Waals surface area contributed by atoms with E-state index in [2.05, 4.69) is 10.6 Å². The molecule has 18 heavy (non-hydrogen) atoms. The fourth-order valence-electron chi connectivity index (χ4n) is 2.28. The summed E-state index contributed by atoms with van der Waals surface area (Å²) in [5.74, 6) is 0.132. The van der Waals surface area contributed by atoms with Gasteiger partial charge in [0.15, 0.2) is 0 Å². The van der Waals surface area contributed by atoms with Gasteiger partial charge in [-0.15, -0.1) is 0 Å². The minimum absolute atomic E-state index is 0.0974. The second kappa shape index (κ2) is 5.67. The van der Waals surface area contributed by atoms with E-state index in [-0.39, 0.29) is 17.7 Å². The van der Waals surface area contributed by atoms with Crippen LogP contribution in [0.5, 0.6) is 0 Å². The number of nitrogens with one attached hydrogen (secondary N) is 2. The monoisotopic (exact) mass is 246 g/mol. The van der Waals surface area contributed by atoms with Crippen LogP contribution in [0.1, 0.15) is 36.0 Å². The van der Waals surface area contributed by atoms with Crippen molar-refractivity contribution in [3.8, 4) is 0 Å². The van der Waals surface area contributed by atoms with Crippen molar-refractivity contribution in [2.24, 2.45) is 5.92 Å². The molecule has 1 aliphatic carbocycles. The largest absolute Gasteiger partial charge is 0.355 e. The van der Waals surface area contributed by atoms with Crippen LogP contribution >= 0.6 is 0 Å². The number of hydrogen-bond donors (Lipinski definition) is 2. The third kappa shape index (κ3) is 2.88.